The van der Waals surface area contributed by atoms with Gasteiger partial charge in [0, 0.05) is 12.1 Å². The van der Waals surface area contributed by atoms with Crippen LogP contribution in [0, 0.1) is 24.0 Å². The standard InChI is InChI=1S/C12H12ClN5O3/c1-6-11(17-14)15-7(2)16-12(6)21-8-3-4-10(18(19)20)9(13)5-8/h3-5H,14H2,1-2H3,(H,15,16,17). The van der Waals surface area contributed by atoms with E-state index in [1.807, 2.05) is 0 Å². The molecule has 0 aliphatic carbocycles. The number of nitrogens with zero attached hydrogens (tertiary/aromatic N) is 3. The van der Waals surface area contributed by atoms with Crippen molar-refractivity contribution in [1.29, 1.82) is 0 Å². The third-order valence-corrected chi connectivity index (χ3v) is 2.98. The molecule has 8 nitrogen and oxygen atoms in total. The van der Waals surface area contributed by atoms with Crippen LogP contribution in [0.25, 0.3) is 0 Å². The molecule has 0 unspecified atom stereocenters. The highest BCUT2D eigenvalue weighted by Crippen LogP contribution is 2.32. The molecule has 0 radical (unpaired) electrons. The maximum absolute atomic E-state index is 10.7. The fraction of sp³-hybridized carbons (Fsp3) is 0.167. The fourth-order valence-corrected chi connectivity index (χ4v) is 1.89. The third kappa shape index (κ3) is 3.18. The molecule has 110 valence electrons. The van der Waals surface area contributed by atoms with Crippen LogP contribution in [-0.4, -0.2) is 14.9 Å². The Kier molecular flexibility index (Phi) is 4.20. The molecule has 0 amide bonds. The van der Waals surface area contributed by atoms with E-state index in [1.165, 1.54) is 18.2 Å². The highest BCUT2D eigenvalue weighted by atomic mass is 35.5. The summed E-state index contributed by atoms with van der Waals surface area (Å²) in [6.45, 7) is 3.42. The van der Waals surface area contributed by atoms with Crippen LogP contribution in [0.15, 0.2) is 18.2 Å². The molecule has 1 aromatic heterocycles. The molecule has 0 saturated heterocycles. The number of nitrogens with one attached hydrogen (secondary N) is 1. The summed E-state index contributed by atoms with van der Waals surface area (Å²) in [4.78, 5) is 18.4. The summed E-state index contributed by atoms with van der Waals surface area (Å²) >= 11 is 5.83. The fourth-order valence-electron chi connectivity index (χ4n) is 1.65. The second-order valence-corrected chi connectivity index (χ2v) is 4.57. The number of nitrogen functional groups attached to an aromatic ring is 1. The highest BCUT2D eigenvalue weighted by molar-refractivity contribution is 6.32. The van der Waals surface area contributed by atoms with Crippen LogP contribution in [0.1, 0.15) is 11.4 Å². The summed E-state index contributed by atoms with van der Waals surface area (Å²) in [5, 5.41) is 10.7. The molecule has 0 saturated carbocycles. The van der Waals surface area contributed by atoms with Gasteiger partial charge in [0.2, 0.25) is 5.88 Å². The Morgan fingerprint density at radius 1 is 1.38 bits per heavy atom. The molecule has 0 aliphatic heterocycles. The number of benzene rings is 1. The van der Waals surface area contributed by atoms with Crippen molar-refractivity contribution in [3.8, 4) is 11.6 Å². The summed E-state index contributed by atoms with van der Waals surface area (Å²) in [6.07, 6.45) is 0. The smallest absolute Gasteiger partial charge is 0.288 e. The van der Waals surface area contributed by atoms with E-state index in [-0.39, 0.29) is 10.7 Å². The summed E-state index contributed by atoms with van der Waals surface area (Å²) in [7, 11) is 0. The molecule has 21 heavy (non-hydrogen) atoms. The molecule has 1 aromatic carbocycles. The largest absolute Gasteiger partial charge is 0.438 e. The van der Waals surface area contributed by atoms with Crippen molar-refractivity contribution >= 4 is 23.1 Å². The predicted molar refractivity (Wildman–Crippen MR) is 77.5 cm³/mol. The van der Waals surface area contributed by atoms with Crippen LogP contribution in [0.4, 0.5) is 11.5 Å². The van der Waals surface area contributed by atoms with Crippen LogP contribution in [-0.2, 0) is 0 Å². The number of halogens is 1. The molecule has 0 fully saturated rings. The molecule has 0 aliphatic rings. The summed E-state index contributed by atoms with van der Waals surface area (Å²) in [5.41, 5.74) is 2.87. The number of nitro groups is 1. The van der Waals surface area contributed by atoms with Gasteiger partial charge in [0.05, 0.1) is 10.5 Å². The van der Waals surface area contributed by atoms with Crippen molar-refractivity contribution in [3.63, 3.8) is 0 Å². The first-order valence-corrected chi connectivity index (χ1v) is 6.24. The molecule has 2 rings (SSSR count). The Morgan fingerprint density at radius 3 is 2.67 bits per heavy atom. The topological polar surface area (TPSA) is 116 Å². The van der Waals surface area contributed by atoms with E-state index in [4.69, 9.17) is 22.2 Å². The third-order valence-electron chi connectivity index (χ3n) is 2.68. The van der Waals surface area contributed by atoms with Crippen LogP contribution >= 0.6 is 11.6 Å². The monoisotopic (exact) mass is 309 g/mol. The lowest BCUT2D eigenvalue weighted by molar-refractivity contribution is -0.384. The number of nitro benzene ring substituents is 1. The van der Waals surface area contributed by atoms with Gasteiger partial charge in [0.15, 0.2) is 0 Å². The lowest BCUT2D eigenvalue weighted by Gasteiger charge is -2.11. The number of aromatic nitrogens is 2. The molecular formula is C12H12ClN5O3. The normalized spacial score (nSPS) is 10.3. The van der Waals surface area contributed by atoms with Gasteiger partial charge < -0.3 is 10.2 Å². The van der Waals surface area contributed by atoms with E-state index < -0.39 is 4.92 Å². The van der Waals surface area contributed by atoms with E-state index in [0.717, 1.165) is 0 Å². The SMILES string of the molecule is Cc1nc(NN)c(C)c(Oc2ccc([N+](=O)[O-])c(Cl)c2)n1. The highest BCUT2D eigenvalue weighted by Gasteiger charge is 2.15. The van der Waals surface area contributed by atoms with Crippen LogP contribution in [0.2, 0.25) is 5.02 Å². The minimum absolute atomic E-state index is 0.0156. The van der Waals surface area contributed by atoms with Gasteiger partial charge >= 0.3 is 0 Å². The summed E-state index contributed by atoms with van der Waals surface area (Å²) in [6, 6.07) is 4.06. The predicted octanol–water partition coefficient (Wildman–Crippen LogP) is 2.73. The summed E-state index contributed by atoms with van der Waals surface area (Å²) < 4.78 is 5.59. The number of aryl methyl sites for hydroxylation is 1. The zero-order valence-corrected chi connectivity index (χ0v) is 12.0. The number of hydrogen-bond donors (Lipinski definition) is 2. The second kappa shape index (κ2) is 5.90. The Balaban J connectivity index is 2.37. The van der Waals surface area contributed by atoms with E-state index in [0.29, 0.717) is 28.8 Å². The molecule has 0 bridgehead atoms. The van der Waals surface area contributed by atoms with Crippen molar-refractivity contribution in [2.24, 2.45) is 5.84 Å². The van der Waals surface area contributed by atoms with Crippen molar-refractivity contribution < 1.29 is 9.66 Å². The summed E-state index contributed by atoms with van der Waals surface area (Å²) in [5.74, 6) is 6.89. The lowest BCUT2D eigenvalue weighted by Crippen LogP contribution is -2.12. The Bertz CT molecular complexity index is 708. The molecule has 1 heterocycles. The second-order valence-electron chi connectivity index (χ2n) is 4.17. The first-order valence-electron chi connectivity index (χ1n) is 5.86. The first kappa shape index (κ1) is 14.9. The average molecular weight is 310 g/mol. The number of hydrogen-bond acceptors (Lipinski definition) is 7. The van der Waals surface area contributed by atoms with Gasteiger partial charge in [-0.25, -0.2) is 10.8 Å². The molecule has 3 N–H and O–H groups in total. The molecule has 0 spiro atoms. The average Bonchev–Trinajstić information content (AvgIpc) is 2.42. The maximum atomic E-state index is 10.7. The molecule has 9 heteroatoms. The Morgan fingerprint density at radius 2 is 2.10 bits per heavy atom. The van der Waals surface area contributed by atoms with Gasteiger partial charge in [-0.1, -0.05) is 11.6 Å². The lowest BCUT2D eigenvalue weighted by atomic mass is 10.3. The van der Waals surface area contributed by atoms with Crippen molar-refractivity contribution in [3.05, 3.63) is 44.7 Å². The number of hydrazine groups is 1. The molecule has 0 atom stereocenters. The van der Waals surface area contributed by atoms with Gasteiger partial charge in [-0.3, -0.25) is 10.1 Å². The maximum Gasteiger partial charge on any atom is 0.288 e. The van der Waals surface area contributed by atoms with E-state index >= 15 is 0 Å². The molecular weight excluding hydrogens is 298 g/mol. The van der Waals surface area contributed by atoms with Crippen molar-refractivity contribution in [1.82, 2.24) is 9.97 Å². The van der Waals surface area contributed by atoms with E-state index in [1.54, 1.807) is 13.8 Å². The Hall–Kier alpha value is -2.45. The van der Waals surface area contributed by atoms with Crippen LogP contribution < -0.4 is 16.0 Å². The first-order chi connectivity index (χ1) is 9.92. The van der Waals surface area contributed by atoms with Crippen molar-refractivity contribution in [2.45, 2.75) is 13.8 Å². The van der Waals surface area contributed by atoms with E-state index in [9.17, 15) is 10.1 Å². The van der Waals surface area contributed by atoms with Gasteiger partial charge in [-0.15, -0.1) is 0 Å². The Labute approximate surface area is 125 Å². The van der Waals surface area contributed by atoms with Gasteiger partial charge in [-0.2, -0.15) is 4.98 Å². The van der Waals surface area contributed by atoms with Gasteiger partial charge in [-0.05, 0) is 19.9 Å². The quantitative estimate of drug-likeness (QED) is 0.506. The molecule has 2 aromatic rings. The van der Waals surface area contributed by atoms with E-state index in [2.05, 4.69) is 15.4 Å². The number of nitrogens with two attached hydrogens (primary N) is 1. The zero-order valence-electron chi connectivity index (χ0n) is 11.3. The van der Waals surface area contributed by atoms with Gasteiger partial charge in [0.1, 0.15) is 22.4 Å². The number of rotatable bonds is 4. The minimum atomic E-state index is -0.567. The number of anilines is 1. The van der Waals surface area contributed by atoms with Crippen molar-refractivity contribution in [2.75, 3.05) is 5.43 Å². The zero-order chi connectivity index (χ0) is 15.6. The van der Waals surface area contributed by atoms with Crippen LogP contribution in [0.3, 0.4) is 0 Å². The van der Waals surface area contributed by atoms with Crippen LogP contribution in [0.5, 0.6) is 11.6 Å². The van der Waals surface area contributed by atoms with Gasteiger partial charge in [0.25, 0.3) is 5.69 Å². The number of ether oxygens (including phenoxy) is 1. The minimum Gasteiger partial charge on any atom is -0.438 e.